The number of nitrogens with zero attached hydrogens (tertiary/aromatic N) is 2. The van der Waals surface area contributed by atoms with Crippen LogP contribution in [0.3, 0.4) is 0 Å². The van der Waals surface area contributed by atoms with Gasteiger partial charge in [0.05, 0.1) is 5.69 Å². The monoisotopic (exact) mass is 309 g/mol. The molecular formula is C16H21ClFN3. The summed E-state index contributed by atoms with van der Waals surface area (Å²) in [4.78, 5) is 0. The van der Waals surface area contributed by atoms with Crippen LogP contribution in [0.25, 0.3) is 0 Å². The number of hydrogen-bond donors (Lipinski definition) is 1. The van der Waals surface area contributed by atoms with E-state index in [0.29, 0.717) is 17.0 Å². The van der Waals surface area contributed by atoms with Crippen LogP contribution >= 0.6 is 11.6 Å². The van der Waals surface area contributed by atoms with Crippen molar-refractivity contribution in [3.05, 3.63) is 52.1 Å². The van der Waals surface area contributed by atoms with Gasteiger partial charge in [-0.2, -0.15) is 5.10 Å². The van der Waals surface area contributed by atoms with Gasteiger partial charge in [-0.05, 0) is 38.6 Å². The van der Waals surface area contributed by atoms with Gasteiger partial charge in [-0.1, -0.05) is 24.6 Å². The lowest BCUT2D eigenvalue weighted by molar-refractivity contribution is 0.510. The van der Waals surface area contributed by atoms with Crippen LogP contribution in [0.4, 0.5) is 4.39 Å². The van der Waals surface area contributed by atoms with Crippen LogP contribution in [-0.2, 0) is 19.4 Å². The van der Waals surface area contributed by atoms with Crippen molar-refractivity contribution >= 4 is 11.6 Å². The van der Waals surface area contributed by atoms with E-state index in [-0.39, 0.29) is 11.9 Å². The van der Waals surface area contributed by atoms with E-state index in [1.165, 1.54) is 6.07 Å². The first-order chi connectivity index (χ1) is 10.1. The van der Waals surface area contributed by atoms with Crippen molar-refractivity contribution in [2.45, 2.75) is 39.3 Å². The average molecular weight is 310 g/mol. The third-order valence-electron chi connectivity index (χ3n) is 3.69. The Morgan fingerprint density at radius 2 is 2.14 bits per heavy atom. The van der Waals surface area contributed by atoms with Gasteiger partial charge in [0.2, 0.25) is 0 Å². The van der Waals surface area contributed by atoms with Crippen molar-refractivity contribution in [3.63, 3.8) is 0 Å². The molecule has 0 spiro atoms. The van der Waals surface area contributed by atoms with Crippen molar-refractivity contribution in [2.75, 3.05) is 7.05 Å². The lowest BCUT2D eigenvalue weighted by atomic mass is 10.0. The lowest BCUT2D eigenvalue weighted by Crippen LogP contribution is -2.22. The molecule has 0 radical (unpaired) electrons. The first-order valence-electron chi connectivity index (χ1n) is 7.27. The fraction of sp³-hybridized carbons (Fsp3) is 0.438. The van der Waals surface area contributed by atoms with Crippen molar-refractivity contribution in [1.82, 2.24) is 15.1 Å². The zero-order valence-corrected chi connectivity index (χ0v) is 13.4. The second-order valence-electron chi connectivity index (χ2n) is 4.98. The quantitative estimate of drug-likeness (QED) is 0.880. The number of aryl methyl sites for hydroxylation is 2. The predicted octanol–water partition coefficient (Wildman–Crippen LogP) is 3.76. The third kappa shape index (κ3) is 3.44. The molecule has 0 fully saturated rings. The van der Waals surface area contributed by atoms with Gasteiger partial charge < -0.3 is 5.32 Å². The Labute approximate surface area is 130 Å². The van der Waals surface area contributed by atoms with Crippen molar-refractivity contribution in [2.24, 2.45) is 0 Å². The van der Waals surface area contributed by atoms with Crippen molar-refractivity contribution in [1.29, 1.82) is 0 Å². The Balaban J connectivity index is 2.33. The molecule has 3 nitrogen and oxygen atoms in total. The average Bonchev–Trinajstić information content (AvgIpc) is 2.88. The minimum absolute atomic E-state index is 0.176. The fourth-order valence-electron chi connectivity index (χ4n) is 2.53. The van der Waals surface area contributed by atoms with E-state index in [4.69, 9.17) is 11.6 Å². The summed E-state index contributed by atoms with van der Waals surface area (Å²) in [6.45, 7) is 4.94. The van der Waals surface area contributed by atoms with E-state index in [9.17, 15) is 4.39 Å². The zero-order valence-electron chi connectivity index (χ0n) is 12.7. The van der Waals surface area contributed by atoms with E-state index in [1.807, 2.05) is 11.7 Å². The van der Waals surface area contributed by atoms with Crippen LogP contribution in [0.5, 0.6) is 0 Å². The third-order valence-corrected chi connectivity index (χ3v) is 4.02. The molecule has 0 aliphatic heterocycles. The summed E-state index contributed by atoms with van der Waals surface area (Å²) in [6, 6.07) is 6.70. The standard InChI is InChI=1S/C16H21ClFN3/c1-4-11-9-12(21(5-2)20-11)10-15(19-3)16-13(17)7-6-8-14(16)18/h6-9,15,19H,4-5,10H2,1-3H3. The second-order valence-corrected chi connectivity index (χ2v) is 5.38. The minimum Gasteiger partial charge on any atom is -0.313 e. The van der Waals surface area contributed by atoms with E-state index in [2.05, 4.69) is 30.3 Å². The molecule has 1 heterocycles. The smallest absolute Gasteiger partial charge is 0.129 e. The normalized spacial score (nSPS) is 12.6. The Bertz CT molecular complexity index is 589. The Kier molecular flexibility index (Phi) is 5.37. The van der Waals surface area contributed by atoms with Crippen LogP contribution in [0.1, 0.15) is 36.8 Å². The summed E-state index contributed by atoms with van der Waals surface area (Å²) in [7, 11) is 1.82. The molecule has 1 N–H and O–H groups in total. The van der Waals surface area contributed by atoms with Crippen LogP contribution < -0.4 is 5.32 Å². The van der Waals surface area contributed by atoms with Crippen molar-refractivity contribution < 1.29 is 4.39 Å². The molecule has 0 aliphatic rings. The van der Waals surface area contributed by atoms with Crippen LogP contribution in [0, 0.1) is 5.82 Å². The van der Waals surface area contributed by atoms with Gasteiger partial charge in [0.25, 0.3) is 0 Å². The lowest BCUT2D eigenvalue weighted by Gasteiger charge is -2.19. The molecule has 21 heavy (non-hydrogen) atoms. The highest BCUT2D eigenvalue weighted by Crippen LogP contribution is 2.28. The molecule has 1 unspecified atom stereocenters. The summed E-state index contributed by atoms with van der Waals surface area (Å²) >= 11 is 6.17. The number of rotatable bonds is 6. The molecule has 5 heteroatoms. The van der Waals surface area contributed by atoms with E-state index >= 15 is 0 Å². The molecule has 2 rings (SSSR count). The molecule has 0 bridgehead atoms. The molecule has 2 aromatic rings. The topological polar surface area (TPSA) is 29.9 Å². The summed E-state index contributed by atoms with van der Waals surface area (Å²) in [5, 5.41) is 8.15. The maximum absolute atomic E-state index is 14.1. The Hall–Kier alpha value is -1.39. The molecule has 1 aromatic carbocycles. The maximum Gasteiger partial charge on any atom is 0.129 e. The van der Waals surface area contributed by atoms with Crippen LogP contribution in [0.15, 0.2) is 24.3 Å². The fourth-order valence-corrected chi connectivity index (χ4v) is 2.82. The molecule has 1 atom stereocenters. The van der Waals surface area contributed by atoms with E-state index in [1.54, 1.807) is 12.1 Å². The van der Waals surface area contributed by atoms with Gasteiger partial charge in [0, 0.05) is 35.3 Å². The summed E-state index contributed by atoms with van der Waals surface area (Å²) < 4.78 is 16.1. The van der Waals surface area contributed by atoms with Gasteiger partial charge in [-0.25, -0.2) is 4.39 Å². The number of halogens is 2. The molecule has 0 saturated heterocycles. The largest absolute Gasteiger partial charge is 0.313 e. The summed E-state index contributed by atoms with van der Waals surface area (Å²) in [6.07, 6.45) is 1.54. The zero-order chi connectivity index (χ0) is 15.4. The Morgan fingerprint density at radius 1 is 1.38 bits per heavy atom. The Morgan fingerprint density at radius 3 is 2.71 bits per heavy atom. The van der Waals surface area contributed by atoms with Gasteiger partial charge in [-0.3, -0.25) is 4.68 Å². The number of likely N-dealkylation sites (N-methyl/N-ethyl adjacent to an activating group) is 1. The number of benzene rings is 1. The van der Waals surface area contributed by atoms with Crippen LogP contribution in [-0.4, -0.2) is 16.8 Å². The van der Waals surface area contributed by atoms with Gasteiger partial charge in [0.1, 0.15) is 5.82 Å². The van der Waals surface area contributed by atoms with E-state index < -0.39 is 0 Å². The summed E-state index contributed by atoms with van der Waals surface area (Å²) in [5.41, 5.74) is 2.66. The highest BCUT2D eigenvalue weighted by atomic mass is 35.5. The van der Waals surface area contributed by atoms with E-state index in [0.717, 1.165) is 24.4 Å². The summed E-state index contributed by atoms with van der Waals surface area (Å²) in [5.74, 6) is -0.278. The molecule has 0 saturated carbocycles. The van der Waals surface area contributed by atoms with Crippen molar-refractivity contribution in [3.8, 4) is 0 Å². The van der Waals surface area contributed by atoms with Gasteiger partial charge in [-0.15, -0.1) is 0 Å². The highest BCUT2D eigenvalue weighted by Gasteiger charge is 2.20. The second kappa shape index (κ2) is 7.05. The molecular weight excluding hydrogens is 289 g/mol. The first-order valence-corrected chi connectivity index (χ1v) is 7.65. The molecule has 0 amide bonds. The first kappa shape index (κ1) is 16.0. The predicted molar refractivity (Wildman–Crippen MR) is 84.2 cm³/mol. The van der Waals surface area contributed by atoms with Gasteiger partial charge in [0.15, 0.2) is 0 Å². The van der Waals surface area contributed by atoms with Crippen LogP contribution in [0.2, 0.25) is 5.02 Å². The number of nitrogens with one attached hydrogen (secondary N) is 1. The highest BCUT2D eigenvalue weighted by molar-refractivity contribution is 6.31. The minimum atomic E-state index is -0.278. The number of aromatic nitrogens is 2. The SMILES string of the molecule is CCc1cc(CC(NC)c2c(F)cccc2Cl)n(CC)n1. The van der Waals surface area contributed by atoms with Gasteiger partial charge >= 0.3 is 0 Å². The number of hydrogen-bond acceptors (Lipinski definition) is 2. The molecule has 114 valence electrons. The maximum atomic E-state index is 14.1. The molecule has 0 aliphatic carbocycles. The molecule has 1 aromatic heterocycles.